The first-order valence-electron chi connectivity index (χ1n) is 9.65. The van der Waals surface area contributed by atoms with E-state index in [9.17, 15) is 4.39 Å². The van der Waals surface area contributed by atoms with Crippen LogP contribution in [0.15, 0.2) is 72.8 Å². The second-order valence-corrected chi connectivity index (χ2v) is 6.69. The summed E-state index contributed by atoms with van der Waals surface area (Å²) in [5.41, 5.74) is 3.17. The summed E-state index contributed by atoms with van der Waals surface area (Å²) in [7, 11) is 1.66. The van der Waals surface area contributed by atoms with Gasteiger partial charge in [-0.2, -0.15) is 0 Å². The molecule has 0 bridgehead atoms. The van der Waals surface area contributed by atoms with Gasteiger partial charge in [0.15, 0.2) is 11.5 Å². The van der Waals surface area contributed by atoms with Crippen LogP contribution in [-0.4, -0.2) is 20.3 Å². The number of methoxy groups -OCH3 is 1. The molecule has 4 heteroatoms. The van der Waals surface area contributed by atoms with Crippen molar-refractivity contribution in [1.29, 1.82) is 0 Å². The van der Waals surface area contributed by atoms with Gasteiger partial charge in [0.1, 0.15) is 12.4 Å². The van der Waals surface area contributed by atoms with Gasteiger partial charge in [0, 0.05) is 18.4 Å². The molecule has 0 heterocycles. The van der Waals surface area contributed by atoms with Crippen molar-refractivity contribution in [1.82, 2.24) is 0 Å². The van der Waals surface area contributed by atoms with Crippen LogP contribution in [0.25, 0.3) is 0 Å². The number of halogens is 1. The molecule has 0 radical (unpaired) electrons. The molecular formula is C24H27FNO2+. The van der Waals surface area contributed by atoms with Gasteiger partial charge in [0.2, 0.25) is 0 Å². The molecule has 0 aliphatic heterocycles. The Labute approximate surface area is 166 Å². The van der Waals surface area contributed by atoms with Crippen LogP contribution in [-0.2, 0) is 19.4 Å². The molecule has 3 rings (SSSR count). The summed E-state index contributed by atoms with van der Waals surface area (Å²) in [5, 5.41) is 2.18. The lowest BCUT2D eigenvalue weighted by molar-refractivity contribution is -0.670. The van der Waals surface area contributed by atoms with Gasteiger partial charge in [-0.05, 0) is 35.4 Å². The minimum atomic E-state index is -0.130. The highest BCUT2D eigenvalue weighted by Crippen LogP contribution is 2.28. The molecule has 0 saturated heterocycles. The Morgan fingerprint density at radius 1 is 0.821 bits per heavy atom. The van der Waals surface area contributed by atoms with Crippen molar-refractivity contribution in [2.75, 3.05) is 20.3 Å². The Bertz CT molecular complexity index is 867. The Morgan fingerprint density at radius 2 is 1.61 bits per heavy atom. The van der Waals surface area contributed by atoms with Crippen LogP contribution in [0.5, 0.6) is 11.5 Å². The molecule has 0 atom stereocenters. The summed E-state index contributed by atoms with van der Waals surface area (Å²) in [4.78, 5) is 0. The highest BCUT2D eigenvalue weighted by atomic mass is 19.1. The standard InChI is InChI=1S/C24H26FNO2/c1-27-24-17-20(18-26-15-13-21-9-5-6-10-22(21)25)11-12-23(24)28-16-14-19-7-3-2-4-8-19/h2-12,17,26H,13-16,18H2,1H3/p+1. The minimum Gasteiger partial charge on any atom is -0.493 e. The zero-order valence-corrected chi connectivity index (χ0v) is 16.2. The second-order valence-electron chi connectivity index (χ2n) is 6.69. The van der Waals surface area contributed by atoms with Crippen molar-refractivity contribution in [3.05, 3.63) is 95.3 Å². The monoisotopic (exact) mass is 380 g/mol. The van der Waals surface area contributed by atoms with Crippen LogP contribution >= 0.6 is 0 Å². The predicted molar refractivity (Wildman–Crippen MR) is 109 cm³/mol. The highest BCUT2D eigenvalue weighted by Gasteiger charge is 2.08. The minimum absolute atomic E-state index is 0.130. The summed E-state index contributed by atoms with van der Waals surface area (Å²) in [6, 6.07) is 23.3. The molecule has 0 spiro atoms. The fraction of sp³-hybridized carbons (Fsp3) is 0.250. The smallest absolute Gasteiger partial charge is 0.161 e. The first kappa shape index (κ1) is 19.9. The van der Waals surface area contributed by atoms with Crippen molar-refractivity contribution in [3.63, 3.8) is 0 Å². The van der Waals surface area contributed by atoms with Crippen molar-refractivity contribution in [2.45, 2.75) is 19.4 Å². The molecule has 0 aromatic heterocycles. The molecule has 3 aromatic carbocycles. The third kappa shape index (κ3) is 5.83. The van der Waals surface area contributed by atoms with Gasteiger partial charge >= 0.3 is 0 Å². The topological polar surface area (TPSA) is 35.1 Å². The molecule has 0 aliphatic carbocycles. The number of ether oxygens (including phenoxy) is 2. The fourth-order valence-electron chi connectivity index (χ4n) is 3.11. The predicted octanol–water partition coefficient (Wildman–Crippen LogP) is 3.76. The molecule has 0 aliphatic rings. The lowest BCUT2D eigenvalue weighted by atomic mass is 10.1. The molecule has 146 valence electrons. The number of quaternary nitrogens is 1. The van der Waals surface area contributed by atoms with Gasteiger partial charge < -0.3 is 14.8 Å². The molecule has 3 nitrogen and oxygen atoms in total. The van der Waals surface area contributed by atoms with E-state index in [0.717, 1.165) is 42.1 Å². The van der Waals surface area contributed by atoms with E-state index in [1.54, 1.807) is 13.2 Å². The van der Waals surface area contributed by atoms with Crippen LogP contribution in [0.1, 0.15) is 16.7 Å². The number of benzene rings is 3. The van der Waals surface area contributed by atoms with Crippen LogP contribution in [0, 0.1) is 5.82 Å². The van der Waals surface area contributed by atoms with Gasteiger partial charge in [-0.15, -0.1) is 0 Å². The van der Waals surface area contributed by atoms with E-state index in [-0.39, 0.29) is 5.82 Å². The lowest BCUT2D eigenvalue weighted by Crippen LogP contribution is -2.83. The molecular weight excluding hydrogens is 353 g/mol. The summed E-state index contributed by atoms with van der Waals surface area (Å²) in [6.45, 7) is 2.25. The first-order valence-corrected chi connectivity index (χ1v) is 9.65. The van der Waals surface area contributed by atoms with Crippen LogP contribution < -0.4 is 14.8 Å². The molecule has 0 unspecified atom stereocenters. The fourth-order valence-corrected chi connectivity index (χ4v) is 3.11. The first-order chi connectivity index (χ1) is 13.8. The quantitative estimate of drug-likeness (QED) is 0.544. The lowest BCUT2D eigenvalue weighted by Gasteiger charge is -2.12. The zero-order chi connectivity index (χ0) is 19.6. The number of rotatable bonds is 10. The van der Waals surface area contributed by atoms with E-state index in [4.69, 9.17) is 9.47 Å². The average Bonchev–Trinajstić information content (AvgIpc) is 2.74. The van der Waals surface area contributed by atoms with Gasteiger partial charge in [-0.25, -0.2) is 4.39 Å². The van der Waals surface area contributed by atoms with Crippen LogP contribution in [0.3, 0.4) is 0 Å². The van der Waals surface area contributed by atoms with E-state index in [0.29, 0.717) is 13.0 Å². The summed E-state index contributed by atoms with van der Waals surface area (Å²) in [6.07, 6.45) is 1.57. The van der Waals surface area contributed by atoms with Crippen LogP contribution in [0.2, 0.25) is 0 Å². The Hall–Kier alpha value is -2.85. The molecule has 28 heavy (non-hydrogen) atoms. The zero-order valence-electron chi connectivity index (χ0n) is 16.2. The number of hydrogen-bond acceptors (Lipinski definition) is 2. The Morgan fingerprint density at radius 3 is 2.39 bits per heavy atom. The summed E-state index contributed by atoms with van der Waals surface area (Å²) < 4.78 is 25.0. The van der Waals surface area contributed by atoms with Crippen LogP contribution in [0.4, 0.5) is 4.39 Å². The van der Waals surface area contributed by atoms with E-state index < -0.39 is 0 Å². The molecule has 0 saturated carbocycles. The van der Waals surface area contributed by atoms with E-state index in [1.165, 1.54) is 11.6 Å². The number of hydrogen-bond donors (Lipinski definition) is 1. The third-order valence-corrected chi connectivity index (χ3v) is 4.67. The molecule has 3 aromatic rings. The SMILES string of the molecule is COc1cc(C[NH2+]CCc2ccccc2F)ccc1OCCc1ccccc1. The molecule has 0 fully saturated rings. The second kappa shape index (κ2) is 10.5. The largest absolute Gasteiger partial charge is 0.493 e. The van der Waals surface area contributed by atoms with E-state index in [2.05, 4.69) is 23.5 Å². The van der Waals surface area contributed by atoms with Crippen molar-refractivity contribution in [3.8, 4) is 11.5 Å². The Balaban J connectivity index is 1.47. The maximum absolute atomic E-state index is 13.6. The highest BCUT2D eigenvalue weighted by molar-refractivity contribution is 5.42. The maximum atomic E-state index is 13.6. The van der Waals surface area contributed by atoms with E-state index in [1.807, 2.05) is 42.5 Å². The summed E-state index contributed by atoms with van der Waals surface area (Å²) >= 11 is 0. The van der Waals surface area contributed by atoms with Crippen molar-refractivity contribution < 1.29 is 19.2 Å². The van der Waals surface area contributed by atoms with Crippen molar-refractivity contribution >= 4 is 0 Å². The van der Waals surface area contributed by atoms with Crippen molar-refractivity contribution in [2.24, 2.45) is 0 Å². The number of nitrogens with two attached hydrogens (primary N) is 1. The van der Waals surface area contributed by atoms with Gasteiger partial charge in [-0.3, -0.25) is 0 Å². The van der Waals surface area contributed by atoms with Gasteiger partial charge in [0.25, 0.3) is 0 Å². The maximum Gasteiger partial charge on any atom is 0.161 e. The average molecular weight is 380 g/mol. The molecule has 2 N–H and O–H groups in total. The third-order valence-electron chi connectivity index (χ3n) is 4.67. The normalized spacial score (nSPS) is 10.6. The molecule has 0 amide bonds. The van der Waals surface area contributed by atoms with Gasteiger partial charge in [-0.1, -0.05) is 48.5 Å². The van der Waals surface area contributed by atoms with Gasteiger partial charge in [0.05, 0.1) is 20.3 Å². The van der Waals surface area contributed by atoms with E-state index >= 15 is 0 Å². The Kier molecular flexibility index (Phi) is 7.44. The summed E-state index contributed by atoms with van der Waals surface area (Å²) in [5.74, 6) is 1.37.